The first-order valence-electron chi connectivity index (χ1n) is 7.06. The molecule has 0 radical (unpaired) electrons. The fourth-order valence-electron chi connectivity index (χ4n) is 2.31. The third kappa shape index (κ3) is 3.41. The maximum atomic E-state index is 12.3. The monoisotopic (exact) mass is 308 g/mol. The van der Waals surface area contributed by atoms with E-state index >= 15 is 0 Å². The lowest BCUT2D eigenvalue weighted by Gasteiger charge is -2.02. The average Bonchev–Trinajstić information content (AvgIpc) is 2.56. The second-order valence-corrected chi connectivity index (χ2v) is 5.50. The molecule has 3 rings (SSSR count). The predicted octanol–water partition coefficient (Wildman–Crippen LogP) is 4.18. The zero-order valence-corrected chi connectivity index (χ0v) is 12.7. The summed E-state index contributed by atoms with van der Waals surface area (Å²) in [6.07, 6.45) is 3.89. The van der Waals surface area contributed by atoms with Gasteiger partial charge in [-0.2, -0.15) is 4.57 Å². The molecule has 108 valence electrons. The van der Waals surface area contributed by atoms with Gasteiger partial charge in [-0.25, -0.2) is 0 Å². The van der Waals surface area contributed by atoms with Crippen molar-refractivity contribution in [1.29, 1.82) is 0 Å². The number of nitrogens with zero attached hydrogens (tertiary/aromatic N) is 1. The van der Waals surface area contributed by atoms with Crippen LogP contribution < -0.4 is 4.57 Å². The number of hydrogen-bond acceptors (Lipinski definition) is 1. The van der Waals surface area contributed by atoms with Gasteiger partial charge in [-0.1, -0.05) is 41.9 Å². The van der Waals surface area contributed by atoms with Crippen molar-refractivity contribution >= 4 is 17.4 Å². The van der Waals surface area contributed by atoms with E-state index in [0.717, 1.165) is 11.1 Å². The van der Waals surface area contributed by atoms with Gasteiger partial charge in [0.15, 0.2) is 12.4 Å². The topological polar surface area (TPSA) is 20.9 Å². The molecule has 1 heterocycles. The first-order valence-corrected chi connectivity index (χ1v) is 7.43. The van der Waals surface area contributed by atoms with Crippen LogP contribution in [-0.4, -0.2) is 5.78 Å². The molecule has 0 aliphatic carbocycles. The van der Waals surface area contributed by atoms with E-state index in [0.29, 0.717) is 17.1 Å². The summed E-state index contributed by atoms with van der Waals surface area (Å²) in [7, 11) is 0. The van der Waals surface area contributed by atoms with Gasteiger partial charge in [0.1, 0.15) is 0 Å². The minimum absolute atomic E-state index is 0.0619. The van der Waals surface area contributed by atoms with Crippen LogP contribution in [-0.2, 0) is 6.54 Å². The molecule has 3 aromatic rings. The van der Waals surface area contributed by atoms with E-state index in [1.165, 1.54) is 0 Å². The van der Waals surface area contributed by atoms with Gasteiger partial charge in [-0.15, -0.1) is 0 Å². The number of carbonyl (C=O) groups excluding carboxylic acids is 1. The Morgan fingerprint density at radius 1 is 0.864 bits per heavy atom. The first kappa shape index (κ1) is 14.5. The lowest BCUT2D eigenvalue weighted by atomic mass is 10.1. The summed E-state index contributed by atoms with van der Waals surface area (Å²) in [5.74, 6) is 0.0619. The number of pyridine rings is 1. The fourth-order valence-corrected chi connectivity index (χ4v) is 2.44. The number of halogens is 1. The van der Waals surface area contributed by atoms with Gasteiger partial charge in [-0.05, 0) is 35.9 Å². The second kappa shape index (κ2) is 6.54. The summed E-state index contributed by atoms with van der Waals surface area (Å²) in [4.78, 5) is 12.3. The predicted molar refractivity (Wildman–Crippen MR) is 87.9 cm³/mol. The highest BCUT2D eigenvalue weighted by Crippen LogP contribution is 2.16. The zero-order valence-electron chi connectivity index (χ0n) is 11.9. The van der Waals surface area contributed by atoms with Gasteiger partial charge in [0.25, 0.3) is 0 Å². The Morgan fingerprint density at radius 2 is 1.55 bits per heavy atom. The molecule has 0 N–H and O–H groups in total. The van der Waals surface area contributed by atoms with E-state index in [9.17, 15) is 4.79 Å². The summed E-state index contributed by atoms with van der Waals surface area (Å²) in [6, 6.07) is 21.1. The highest BCUT2D eigenvalue weighted by atomic mass is 35.5. The summed E-state index contributed by atoms with van der Waals surface area (Å²) in [6.45, 7) is 0.308. The standard InChI is InChI=1S/C19H15ClNO/c20-18-10-8-16(9-11-18)19(22)14-21-12-4-7-17(13-21)15-5-2-1-3-6-15/h1-13H,14H2/q+1. The van der Waals surface area contributed by atoms with Crippen LogP contribution in [0.4, 0.5) is 0 Å². The average molecular weight is 309 g/mol. The molecule has 2 nitrogen and oxygen atoms in total. The molecule has 0 atom stereocenters. The summed E-state index contributed by atoms with van der Waals surface area (Å²) < 4.78 is 1.90. The highest BCUT2D eigenvalue weighted by molar-refractivity contribution is 6.30. The second-order valence-electron chi connectivity index (χ2n) is 5.06. The molecule has 22 heavy (non-hydrogen) atoms. The third-order valence-electron chi connectivity index (χ3n) is 3.46. The summed E-state index contributed by atoms with van der Waals surface area (Å²) in [5.41, 5.74) is 2.89. The molecule has 0 saturated carbocycles. The molecule has 0 aliphatic rings. The van der Waals surface area contributed by atoms with Gasteiger partial charge in [0.05, 0.1) is 0 Å². The van der Waals surface area contributed by atoms with Gasteiger partial charge in [0, 0.05) is 22.2 Å². The van der Waals surface area contributed by atoms with Crippen molar-refractivity contribution in [3.8, 4) is 11.1 Å². The summed E-state index contributed by atoms with van der Waals surface area (Å²) in [5, 5.41) is 0.635. The van der Waals surface area contributed by atoms with Gasteiger partial charge in [0.2, 0.25) is 12.3 Å². The van der Waals surface area contributed by atoms with Crippen molar-refractivity contribution < 1.29 is 9.36 Å². The van der Waals surface area contributed by atoms with Crippen LogP contribution >= 0.6 is 11.6 Å². The Balaban J connectivity index is 1.81. The van der Waals surface area contributed by atoms with Gasteiger partial charge < -0.3 is 0 Å². The van der Waals surface area contributed by atoms with E-state index in [4.69, 9.17) is 11.6 Å². The van der Waals surface area contributed by atoms with Crippen LogP contribution in [0.1, 0.15) is 10.4 Å². The number of ketones is 1. The molecule has 1 aromatic heterocycles. The smallest absolute Gasteiger partial charge is 0.227 e. The highest BCUT2D eigenvalue weighted by Gasteiger charge is 2.13. The molecule has 0 aliphatic heterocycles. The third-order valence-corrected chi connectivity index (χ3v) is 3.71. The molecule has 0 amide bonds. The van der Waals surface area contributed by atoms with E-state index < -0.39 is 0 Å². The number of rotatable bonds is 4. The van der Waals surface area contributed by atoms with Crippen molar-refractivity contribution in [3.05, 3.63) is 89.7 Å². The zero-order chi connectivity index (χ0) is 15.4. The molecule has 2 aromatic carbocycles. The molecular formula is C19H15ClNO+. The molecule has 0 spiro atoms. The number of benzene rings is 2. The maximum Gasteiger partial charge on any atom is 0.227 e. The number of aromatic nitrogens is 1. The van der Waals surface area contributed by atoms with Gasteiger partial charge >= 0.3 is 0 Å². The van der Waals surface area contributed by atoms with Crippen molar-refractivity contribution in [2.75, 3.05) is 0 Å². The van der Waals surface area contributed by atoms with E-state index in [1.807, 2.05) is 47.3 Å². The summed E-state index contributed by atoms with van der Waals surface area (Å²) >= 11 is 5.85. The molecule has 0 unspecified atom stereocenters. The van der Waals surface area contributed by atoms with Crippen LogP contribution in [0.5, 0.6) is 0 Å². The van der Waals surface area contributed by atoms with Crippen LogP contribution in [0.2, 0.25) is 5.02 Å². The normalized spacial score (nSPS) is 10.4. The van der Waals surface area contributed by atoms with Crippen molar-refractivity contribution in [2.45, 2.75) is 6.54 Å². The molecular weight excluding hydrogens is 294 g/mol. The number of Topliss-reactive ketones (excluding diaryl/α,β-unsaturated/α-hetero) is 1. The Morgan fingerprint density at radius 3 is 2.27 bits per heavy atom. The largest absolute Gasteiger partial charge is 0.287 e. The first-order chi connectivity index (χ1) is 10.7. The lowest BCUT2D eigenvalue weighted by molar-refractivity contribution is -0.682. The number of hydrogen-bond donors (Lipinski definition) is 0. The van der Waals surface area contributed by atoms with E-state index in [1.54, 1.807) is 24.3 Å². The quantitative estimate of drug-likeness (QED) is 0.523. The Kier molecular flexibility index (Phi) is 4.31. The minimum Gasteiger partial charge on any atom is -0.287 e. The SMILES string of the molecule is O=C(C[n+]1cccc(-c2ccccc2)c1)c1ccc(Cl)cc1. The van der Waals surface area contributed by atoms with E-state index in [-0.39, 0.29) is 5.78 Å². The van der Waals surface area contributed by atoms with Crippen molar-refractivity contribution in [1.82, 2.24) is 0 Å². The van der Waals surface area contributed by atoms with Crippen LogP contribution in [0.15, 0.2) is 79.1 Å². The van der Waals surface area contributed by atoms with Crippen LogP contribution in [0.3, 0.4) is 0 Å². The Hall–Kier alpha value is -2.45. The number of carbonyl (C=O) groups is 1. The molecule has 0 bridgehead atoms. The maximum absolute atomic E-state index is 12.3. The van der Waals surface area contributed by atoms with E-state index in [2.05, 4.69) is 12.1 Å². The molecule has 0 fully saturated rings. The van der Waals surface area contributed by atoms with Crippen LogP contribution in [0, 0.1) is 0 Å². The lowest BCUT2D eigenvalue weighted by Crippen LogP contribution is -2.37. The Labute approximate surface area is 134 Å². The van der Waals surface area contributed by atoms with Gasteiger partial charge in [-0.3, -0.25) is 4.79 Å². The van der Waals surface area contributed by atoms with Crippen molar-refractivity contribution in [3.63, 3.8) is 0 Å². The fraction of sp³-hybridized carbons (Fsp3) is 0.0526. The van der Waals surface area contributed by atoms with Crippen molar-refractivity contribution in [2.24, 2.45) is 0 Å². The minimum atomic E-state index is 0.0619. The molecule has 3 heteroatoms. The molecule has 0 saturated heterocycles. The van der Waals surface area contributed by atoms with Crippen LogP contribution in [0.25, 0.3) is 11.1 Å². The Bertz CT molecular complexity index is 782.